The molecular formula is C13H17N5S. The first-order valence-electron chi connectivity index (χ1n) is 6.25. The number of nitrogens with zero attached hydrogens (tertiary/aromatic N) is 4. The van der Waals surface area contributed by atoms with E-state index in [4.69, 9.17) is 4.98 Å². The molecule has 0 amide bonds. The number of imidazole rings is 1. The first-order chi connectivity index (χ1) is 9.13. The summed E-state index contributed by atoms with van der Waals surface area (Å²) in [5.41, 5.74) is 4.58. The molecule has 0 atom stereocenters. The lowest BCUT2D eigenvalue weighted by Crippen LogP contribution is -2.12. The van der Waals surface area contributed by atoms with Gasteiger partial charge in [-0.2, -0.15) is 10.1 Å². The number of rotatable bonds is 3. The van der Waals surface area contributed by atoms with Crippen LogP contribution in [0, 0.1) is 20.8 Å². The lowest BCUT2D eigenvalue weighted by atomic mass is 10.2. The number of thiazole rings is 1. The number of aryl methyl sites for hydroxylation is 1. The summed E-state index contributed by atoms with van der Waals surface area (Å²) in [6.45, 7) is 7.00. The van der Waals surface area contributed by atoms with Gasteiger partial charge in [0, 0.05) is 23.8 Å². The monoisotopic (exact) mass is 275 g/mol. The number of nitrogens with one attached hydrogen (secondary N) is 1. The van der Waals surface area contributed by atoms with Crippen LogP contribution < -0.4 is 5.32 Å². The average Bonchev–Trinajstić information content (AvgIpc) is 3.02. The molecule has 0 radical (unpaired) electrons. The van der Waals surface area contributed by atoms with Crippen molar-refractivity contribution >= 4 is 16.3 Å². The third-order valence-corrected chi connectivity index (χ3v) is 4.29. The first kappa shape index (κ1) is 12.4. The standard InChI is InChI=1S/C13H17N5S/c1-8-9(2)16-18(10(8)3)12-11(7-14-4)17-5-6-19-13(17)15-12/h5-6,14H,7H2,1-4H3. The molecule has 0 aliphatic rings. The van der Waals surface area contributed by atoms with Gasteiger partial charge in [-0.05, 0) is 33.4 Å². The molecule has 3 aromatic heterocycles. The van der Waals surface area contributed by atoms with Gasteiger partial charge in [0.15, 0.2) is 10.8 Å². The molecule has 100 valence electrons. The van der Waals surface area contributed by atoms with E-state index in [1.807, 2.05) is 18.7 Å². The van der Waals surface area contributed by atoms with Crippen molar-refractivity contribution in [1.82, 2.24) is 24.5 Å². The highest BCUT2D eigenvalue weighted by atomic mass is 32.1. The fourth-order valence-electron chi connectivity index (χ4n) is 2.25. The molecule has 0 saturated carbocycles. The summed E-state index contributed by atoms with van der Waals surface area (Å²) in [4.78, 5) is 5.72. The summed E-state index contributed by atoms with van der Waals surface area (Å²) >= 11 is 1.64. The van der Waals surface area contributed by atoms with E-state index in [1.165, 1.54) is 5.56 Å². The van der Waals surface area contributed by atoms with Gasteiger partial charge in [0.05, 0.1) is 11.4 Å². The smallest absolute Gasteiger partial charge is 0.196 e. The summed E-state index contributed by atoms with van der Waals surface area (Å²) in [5.74, 6) is 0.926. The number of hydrogen-bond donors (Lipinski definition) is 1. The van der Waals surface area contributed by atoms with Gasteiger partial charge in [-0.1, -0.05) is 0 Å². The van der Waals surface area contributed by atoms with Crippen LogP contribution in [0.2, 0.25) is 0 Å². The maximum Gasteiger partial charge on any atom is 0.196 e. The molecule has 0 aliphatic carbocycles. The van der Waals surface area contributed by atoms with Gasteiger partial charge in [0.2, 0.25) is 0 Å². The van der Waals surface area contributed by atoms with E-state index < -0.39 is 0 Å². The van der Waals surface area contributed by atoms with Crippen LogP contribution in [-0.2, 0) is 6.54 Å². The van der Waals surface area contributed by atoms with Crippen molar-refractivity contribution in [2.45, 2.75) is 27.3 Å². The molecule has 0 bridgehead atoms. The highest BCUT2D eigenvalue weighted by molar-refractivity contribution is 7.15. The van der Waals surface area contributed by atoms with Crippen molar-refractivity contribution in [3.63, 3.8) is 0 Å². The molecule has 6 heteroatoms. The largest absolute Gasteiger partial charge is 0.314 e. The van der Waals surface area contributed by atoms with Crippen molar-refractivity contribution in [2.24, 2.45) is 0 Å². The molecule has 0 unspecified atom stereocenters. The molecule has 0 spiro atoms. The Morgan fingerprint density at radius 1 is 1.32 bits per heavy atom. The minimum absolute atomic E-state index is 0.768. The molecule has 3 heterocycles. The highest BCUT2D eigenvalue weighted by Gasteiger charge is 2.18. The van der Waals surface area contributed by atoms with E-state index in [9.17, 15) is 0 Å². The summed E-state index contributed by atoms with van der Waals surface area (Å²) < 4.78 is 4.08. The summed E-state index contributed by atoms with van der Waals surface area (Å²) in [7, 11) is 1.95. The predicted molar refractivity (Wildman–Crippen MR) is 77.2 cm³/mol. The molecule has 3 rings (SSSR count). The van der Waals surface area contributed by atoms with E-state index >= 15 is 0 Å². The van der Waals surface area contributed by atoms with Crippen molar-refractivity contribution in [1.29, 1.82) is 0 Å². The third-order valence-electron chi connectivity index (χ3n) is 3.54. The van der Waals surface area contributed by atoms with E-state index in [2.05, 4.69) is 40.2 Å². The second-order valence-corrected chi connectivity index (χ2v) is 5.55. The zero-order valence-corrected chi connectivity index (χ0v) is 12.4. The van der Waals surface area contributed by atoms with Gasteiger partial charge in [-0.3, -0.25) is 4.40 Å². The number of fused-ring (bicyclic) bond motifs is 1. The van der Waals surface area contributed by atoms with Crippen LogP contribution >= 0.6 is 11.3 Å². The minimum Gasteiger partial charge on any atom is -0.314 e. The Balaban J connectivity index is 2.26. The Kier molecular flexibility index (Phi) is 2.91. The normalized spacial score (nSPS) is 11.6. The van der Waals surface area contributed by atoms with E-state index in [0.717, 1.165) is 34.4 Å². The highest BCUT2D eigenvalue weighted by Crippen LogP contribution is 2.23. The molecule has 0 saturated heterocycles. The minimum atomic E-state index is 0.768. The summed E-state index contributed by atoms with van der Waals surface area (Å²) in [5, 5.41) is 9.87. The molecule has 5 nitrogen and oxygen atoms in total. The lowest BCUT2D eigenvalue weighted by molar-refractivity contribution is 0.744. The molecule has 3 aromatic rings. The van der Waals surface area contributed by atoms with Gasteiger partial charge in [-0.15, -0.1) is 11.3 Å². The first-order valence-corrected chi connectivity index (χ1v) is 7.13. The van der Waals surface area contributed by atoms with Gasteiger partial charge in [0.25, 0.3) is 0 Å². The number of hydrogen-bond acceptors (Lipinski definition) is 4. The second-order valence-electron chi connectivity index (χ2n) is 4.68. The summed E-state index contributed by atoms with van der Waals surface area (Å²) in [6, 6.07) is 0. The molecule has 0 aromatic carbocycles. The van der Waals surface area contributed by atoms with Crippen LogP contribution in [-0.4, -0.2) is 26.2 Å². The lowest BCUT2D eigenvalue weighted by Gasteiger charge is -2.05. The topological polar surface area (TPSA) is 47.2 Å². The maximum absolute atomic E-state index is 4.72. The Bertz CT molecular complexity index is 734. The Labute approximate surface area is 115 Å². The van der Waals surface area contributed by atoms with E-state index in [0.29, 0.717) is 0 Å². The average molecular weight is 275 g/mol. The van der Waals surface area contributed by atoms with Crippen LogP contribution in [0.25, 0.3) is 10.8 Å². The predicted octanol–water partition coefficient (Wildman–Crippen LogP) is 2.23. The third kappa shape index (κ3) is 1.79. The van der Waals surface area contributed by atoms with Crippen LogP contribution in [0.5, 0.6) is 0 Å². The van der Waals surface area contributed by atoms with Gasteiger partial charge < -0.3 is 5.32 Å². The van der Waals surface area contributed by atoms with Crippen molar-refractivity contribution in [2.75, 3.05) is 7.05 Å². The Morgan fingerprint density at radius 2 is 2.11 bits per heavy atom. The molecule has 0 fully saturated rings. The van der Waals surface area contributed by atoms with Gasteiger partial charge in [0.1, 0.15) is 0 Å². The summed E-state index contributed by atoms with van der Waals surface area (Å²) in [6.07, 6.45) is 2.06. The fourth-order valence-corrected chi connectivity index (χ4v) is 2.98. The van der Waals surface area contributed by atoms with E-state index in [-0.39, 0.29) is 0 Å². The molecule has 1 N–H and O–H groups in total. The molecular weight excluding hydrogens is 258 g/mol. The van der Waals surface area contributed by atoms with Crippen LogP contribution in [0.3, 0.4) is 0 Å². The van der Waals surface area contributed by atoms with Crippen molar-refractivity contribution in [3.05, 3.63) is 34.2 Å². The van der Waals surface area contributed by atoms with Crippen molar-refractivity contribution < 1.29 is 0 Å². The van der Waals surface area contributed by atoms with Crippen LogP contribution in [0.1, 0.15) is 22.6 Å². The second kappa shape index (κ2) is 4.47. The van der Waals surface area contributed by atoms with Crippen LogP contribution in [0.15, 0.2) is 11.6 Å². The SMILES string of the molecule is CNCc1c(-n2nc(C)c(C)c2C)nc2sccn12. The van der Waals surface area contributed by atoms with Gasteiger partial charge in [-0.25, -0.2) is 4.68 Å². The van der Waals surface area contributed by atoms with Crippen molar-refractivity contribution in [3.8, 4) is 5.82 Å². The Hall–Kier alpha value is -1.66. The van der Waals surface area contributed by atoms with Crippen LogP contribution in [0.4, 0.5) is 0 Å². The Morgan fingerprint density at radius 3 is 2.74 bits per heavy atom. The molecule has 19 heavy (non-hydrogen) atoms. The molecule has 0 aliphatic heterocycles. The number of aromatic nitrogens is 4. The maximum atomic E-state index is 4.72. The van der Waals surface area contributed by atoms with E-state index in [1.54, 1.807) is 11.3 Å². The zero-order chi connectivity index (χ0) is 13.6. The fraction of sp³-hybridized carbons (Fsp3) is 0.385. The van der Waals surface area contributed by atoms with Gasteiger partial charge >= 0.3 is 0 Å². The zero-order valence-electron chi connectivity index (χ0n) is 11.6. The quantitative estimate of drug-likeness (QED) is 0.797.